The molecule has 0 saturated carbocycles. The molecule has 1 aliphatic rings. The predicted molar refractivity (Wildman–Crippen MR) is 71.5 cm³/mol. The fourth-order valence-electron chi connectivity index (χ4n) is 2.16. The summed E-state index contributed by atoms with van der Waals surface area (Å²) in [6.07, 6.45) is -0.593. The molecular formula is C16H14O3. The topological polar surface area (TPSA) is 38.8 Å². The van der Waals surface area contributed by atoms with Crippen LogP contribution in [0.1, 0.15) is 11.7 Å². The summed E-state index contributed by atoms with van der Waals surface area (Å²) < 4.78 is 9.98. The maximum absolute atomic E-state index is 11.3. The lowest BCUT2D eigenvalue weighted by Gasteiger charge is -2.02. The van der Waals surface area contributed by atoms with Gasteiger partial charge in [0.05, 0.1) is 7.11 Å². The average Bonchev–Trinajstić information content (AvgIpc) is 3.28. The van der Waals surface area contributed by atoms with E-state index in [1.165, 1.54) is 12.7 Å². The molecule has 3 nitrogen and oxygen atoms in total. The molecule has 3 heteroatoms. The van der Waals surface area contributed by atoms with Crippen LogP contribution >= 0.6 is 0 Å². The van der Waals surface area contributed by atoms with Gasteiger partial charge in [-0.15, -0.1) is 0 Å². The van der Waals surface area contributed by atoms with Gasteiger partial charge in [0.15, 0.2) is 6.10 Å². The molecule has 0 aromatic heterocycles. The highest BCUT2D eigenvalue weighted by molar-refractivity contribution is 5.78. The van der Waals surface area contributed by atoms with Gasteiger partial charge in [0, 0.05) is 0 Å². The van der Waals surface area contributed by atoms with Crippen LogP contribution in [0.4, 0.5) is 0 Å². The van der Waals surface area contributed by atoms with Gasteiger partial charge in [-0.1, -0.05) is 54.6 Å². The van der Waals surface area contributed by atoms with Crippen LogP contribution in [0.25, 0.3) is 11.1 Å². The van der Waals surface area contributed by atoms with Gasteiger partial charge >= 0.3 is 5.97 Å². The van der Waals surface area contributed by atoms with Gasteiger partial charge in [0.1, 0.15) is 6.10 Å². The van der Waals surface area contributed by atoms with Crippen LogP contribution in [-0.4, -0.2) is 19.2 Å². The van der Waals surface area contributed by atoms with Crippen molar-refractivity contribution in [3.63, 3.8) is 0 Å². The lowest BCUT2D eigenvalue weighted by atomic mass is 10.0. The number of esters is 1. The van der Waals surface area contributed by atoms with Gasteiger partial charge in [-0.05, 0) is 16.7 Å². The first-order valence-corrected chi connectivity index (χ1v) is 6.18. The number of carbonyl (C=O) groups excluding carboxylic acids is 1. The summed E-state index contributed by atoms with van der Waals surface area (Å²) in [5.74, 6) is -0.308. The molecule has 2 aromatic rings. The number of ether oxygens (including phenoxy) is 2. The van der Waals surface area contributed by atoms with Gasteiger partial charge < -0.3 is 9.47 Å². The van der Waals surface area contributed by atoms with Gasteiger partial charge in [-0.25, -0.2) is 4.79 Å². The zero-order chi connectivity index (χ0) is 13.2. The highest BCUT2D eigenvalue weighted by atomic mass is 16.6. The third kappa shape index (κ3) is 2.37. The number of carbonyl (C=O) groups is 1. The van der Waals surface area contributed by atoms with Crippen molar-refractivity contribution >= 4 is 5.97 Å². The van der Waals surface area contributed by atoms with Crippen molar-refractivity contribution in [2.45, 2.75) is 12.2 Å². The Labute approximate surface area is 111 Å². The van der Waals surface area contributed by atoms with Gasteiger partial charge in [0.2, 0.25) is 0 Å². The summed E-state index contributed by atoms with van der Waals surface area (Å²) in [6, 6.07) is 18.2. The number of hydrogen-bond acceptors (Lipinski definition) is 3. The number of benzene rings is 2. The third-order valence-corrected chi connectivity index (χ3v) is 3.27. The van der Waals surface area contributed by atoms with Crippen molar-refractivity contribution in [2.75, 3.05) is 7.11 Å². The SMILES string of the molecule is COC(=O)C1OC1c1ccc(-c2ccccc2)cc1. The zero-order valence-electron chi connectivity index (χ0n) is 10.6. The second-order valence-electron chi connectivity index (χ2n) is 4.49. The Balaban J connectivity index is 1.76. The van der Waals surface area contributed by atoms with E-state index in [-0.39, 0.29) is 12.1 Å². The Bertz CT molecular complexity index is 575. The molecule has 19 heavy (non-hydrogen) atoms. The summed E-state index contributed by atoms with van der Waals surface area (Å²) in [5, 5.41) is 0. The monoisotopic (exact) mass is 254 g/mol. The molecule has 0 radical (unpaired) electrons. The average molecular weight is 254 g/mol. The van der Waals surface area contributed by atoms with E-state index in [4.69, 9.17) is 4.74 Å². The van der Waals surface area contributed by atoms with Crippen LogP contribution in [0.15, 0.2) is 54.6 Å². The second-order valence-corrected chi connectivity index (χ2v) is 4.49. The van der Waals surface area contributed by atoms with E-state index in [9.17, 15) is 4.79 Å². The Hall–Kier alpha value is -2.13. The fraction of sp³-hybridized carbons (Fsp3) is 0.188. The van der Waals surface area contributed by atoms with Crippen molar-refractivity contribution < 1.29 is 14.3 Å². The first-order valence-electron chi connectivity index (χ1n) is 6.18. The van der Waals surface area contributed by atoms with Crippen molar-refractivity contribution in [2.24, 2.45) is 0 Å². The molecule has 1 fully saturated rings. The van der Waals surface area contributed by atoms with Crippen molar-refractivity contribution in [1.82, 2.24) is 0 Å². The second kappa shape index (κ2) is 4.86. The molecular weight excluding hydrogens is 240 g/mol. The van der Waals surface area contributed by atoms with E-state index in [0.29, 0.717) is 0 Å². The van der Waals surface area contributed by atoms with Gasteiger partial charge in [-0.2, -0.15) is 0 Å². The number of epoxide rings is 1. The summed E-state index contributed by atoms with van der Waals surface area (Å²) >= 11 is 0. The van der Waals surface area contributed by atoms with Crippen molar-refractivity contribution in [1.29, 1.82) is 0 Å². The Morgan fingerprint density at radius 3 is 2.26 bits per heavy atom. The molecule has 0 spiro atoms. The van der Waals surface area contributed by atoms with Crippen molar-refractivity contribution in [3.05, 3.63) is 60.2 Å². The van der Waals surface area contributed by atoms with E-state index in [0.717, 1.165) is 11.1 Å². The Morgan fingerprint density at radius 1 is 1.00 bits per heavy atom. The number of methoxy groups -OCH3 is 1. The van der Waals surface area contributed by atoms with Crippen LogP contribution in [0.5, 0.6) is 0 Å². The van der Waals surface area contributed by atoms with E-state index < -0.39 is 6.10 Å². The van der Waals surface area contributed by atoms with E-state index in [1.54, 1.807) is 0 Å². The van der Waals surface area contributed by atoms with Crippen LogP contribution in [0.2, 0.25) is 0 Å². The molecule has 2 atom stereocenters. The smallest absolute Gasteiger partial charge is 0.338 e. The molecule has 0 N–H and O–H groups in total. The molecule has 96 valence electrons. The standard InChI is InChI=1S/C16H14O3/c1-18-16(17)15-14(19-15)13-9-7-12(8-10-13)11-5-3-2-4-6-11/h2-10,14-15H,1H3. The fourth-order valence-corrected chi connectivity index (χ4v) is 2.16. The quantitative estimate of drug-likeness (QED) is 0.624. The molecule has 1 heterocycles. The van der Waals surface area contributed by atoms with Crippen LogP contribution < -0.4 is 0 Å². The molecule has 0 bridgehead atoms. The van der Waals surface area contributed by atoms with Crippen LogP contribution in [-0.2, 0) is 14.3 Å². The van der Waals surface area contributed by atoms with Crippen LogP contribution in [0, 0.1) is 0 Å². The third-order valence-electron chi connectivity index (χ3n) is 3.27. The summed E-state index contributed by atoms with van der Waals surface area (Å²) in [7, 11) is 1.37. The molecule has 0 aliphatic carbocycles. The largest absolute Gasteiger partial charge is 0.467 e. The summed E-state index contributed by atoms with van der Waals surface area (Å²) in [4.78, 5) is 11.3. The minimum atomic E-state index is -0.437. The minimum Gasteiger partial charge on any atom is -0.467 e. The molecule has 3 rings (SSSR count). The summed E-state index contributed by atoms with van der Waals surface area (Å²) in [6.45, 7) is 0. The normalized spacial score (nSPS) is 20.9. The van der Waals surface area contributed by atoms with Gasteiger partial charge in [0.25, 0.3) is 0 Å². The molecule has 1 saturated heterocycles. The molecule has 2 unspecified atom stereocenters. The molecule has 0 amide bonds. The minimum absolute atomic E-state index is 0.155. The maximum Gasteiger partial charge on any atom is 0.338 e. The highest BCUT2D eigenvalue weighted by Crippen LogP contribution is 2.39. The van der Waals surface area contributed by atoms with E-state index in [2.05, 4.69) is 16.9 Å². The lowest BCUT2D eigenvalue weighted by molar-refractivity contribution is -0.142. The molecule has 1 aliphatic heterocycles. The summed E-state index contributed by atoms with van der Waals surface area (Å²) in [5.41, 5.74) is 3.34. The first kappa shape index (κ1) is 11.9. The van der Waals surface area contributed by atoms with Crippen molar-refractivity contribution in [3.8, 4) is 11.1 Å². The first-order chi connectivity index (χ1) is 9.29. The maximum atomic E-state index is 11.3. The zero-order valence-corrected chi connectivity index (χ0v) is 10.6. The number of rotatable bonds is 3. The predicted octanol–water partition coefficient (Wildman–Crippen LogP) is 2.97. The lowest BCUT2D eigenvalue weighted by Crippen LogP contribution is -2.09. The Morgan fingerprint density at radius 2 is 1.63 bits per heavy atom. The van der Waals surface area contributed by atoms with E-state index >= 15 is 0 Å². The van der Waals surface area contributed by atoms with E-state index in [1.807, 2.05) is 42.5 Å². The van der Waals surface area contributed by atoms with Crippen LogP contribution in [0.3, 0.4) is 0 Å². The Kier molecular flexibility index (Phi) is 3.05. The number of hydrogen-bond donors (Lipinski definition) is 0. The highest BCUT2D eigenvalue weighted by Gasteiger charge is 2.47. The molecule has 2 aromatic carbocycles. The van der Waals surface area contributed by atoms with Gasteiger partial charge in [-0.3, -0.25) is 0 Å².